The zero-order valence-corrected chi connectivity index (χ0v) is 18.2. The third-order valence-electron chi connectivity index (χ3n) is 4.89. The second-order valence-electron chi connectivity index (χ2n) is 7.05. The lowest BCUT2D eigenvalue weighted by molar-refractivity contribution is 0.103. The lowest BCUT2D eigenvalue weighted by Gasteiger charge is -2.09. The summed E-state index contributed by atoms with van der Waals surface area (Å²) in [5.74, 6) is -3.87. The maximum Gasteiger partial charge on any atom is 0.201 e. The lowest BCUT2D eigenvalue weighted by Crippen LogP contribution is -2.14. The highest BCUT2D eigenvalue weighted by Crippen LogP contribution is 2.29. The zero-order chi connectivity index (χ0) is 23.0. The predicted octanol–water partition coefficient (Wildman–Crippen LogP) is 5.09. The summed E-state index contributed by atoms with van der Waals surface area (Å²) >= 11 is 5.84. The number of benzene rings is 1. The minimum atomic E-state index is -4.00. The van der Waals surface area contributed by atoms with Crippen LogP contribution in [0.1, 0.15) is 34.8 Å². The Morgan fingerprint density at radius 2 is 2.00 bits per heavy atom. The molecule has 0 spiro atoms. The van der Waals surface area contributed by atoms with Gasteiger partial charge in [0.1, 0.15) is 16.4 Å². The van der Waals surface area contributed by atoms with E-state index in [1.54, 1.807) is 31.3 Å². The average molecular weight is 473 g/mol. The van der Waals surface area contributed by atoms with Crippen molar-refractivity contribution in [2.24, 2.45) is 0 Å². The van der Waals surface area contributed by atoms with Crippen LogP contribution in [0, 0.1) is 11.6 Å². The molecule has 1 aliphatic carbocycles. The summed E-state index contributed by atoms with van der Waals surface area (Å²) in [5, 5.41) is 0.695. The first-order chi connectivity index (χ1) is 15.2. The number of rotatable bonds is 6. The van der Waals surface area contributed by atoms with E-state index in [1.165, 1.54) is 6.20 Å². The van der Waals surface area contributed by atoms with E-state index in [-0.39, 0.29) is 17.7 Å². The van der Waals surface area contributed by atoms with E-state index >= 15 is 4.39 Å². The highest BCUT2D eigenvalue weighted by Gasteiger charge is 2.28. The molecule has 0 radical (unpaired) electrons. The van der Waals surface area contributed by atoms with Crippen molar-refractivity contribution in [2.75, 3.05) is 5.75 Å². The molecule has 0 bridgehead atoms. The third kappa shape index (κ3) is 3.85. The Hall–Kier alpha value is -3.28. The molecule has 2 heterocycles. The van der Waals surface area contributed by atoms with E-state index in [4.69, 9.17) is 11.6 Å². The van der Waals surface area contributed by atoms with Crippen molar-refractivity contribution < 1.29 is 22.0 Å². The molecule has 0 atom stereocenters. The van der Waals surface area contributed by atoms with Crippen LogP contribution in [-0.2, 0) is 9.84 Å². The molecule has 2 aromatic heterocycles. The summed E-state index contributed by atoms with van der Waals surface area (Å²) in [6.07, 6.45) is 6.39. The molecule has 4 rings (SSSR count). The second kappa shape index (κ2) is 8.34. The molecular weight excluding hydrogens is 458 g/mol. The largest absolute Gasteiger partial charge is 0.345 e. The fourth-order valence-electron chi connectivity index (χ4n) is 3.37. The normalized spacial score (nSPS) is 13.4. The molecule has 0 saturated heterocycles. The van der Waals surface area contributed by atoms with Crippen molar-refractivity contribution in [1.82, 2.24) is 9.97 Å². The molecule has 0 fully saturated rings. The van der Waals surface area contributed by atoms with Gasteiger partial charge in [-0.1, -0.05) is 24.3 Å². The first kappa shape index (κ1) is 21.9. The Bertz CT molecular complexity index is 1520. The Morgan fingerprint density at radius 1 is 1.22 bits per heavy atom. The molecule has 9 heteroatoms. The van der Waals surface area contributed by atoms with Gasteiger partial charge < -0.3 is 4.98 Å². The van der Waals surface area contributed by atoms with Gasteiger partial charge in [0.05, 0.1) is 16.3 Å². The van der Waals surface area contributed by atoms with Crippen LogP contribution in [0.2, 0.25) is 0 Å². The number of fused-ring (bicyclic) bond motifs is 1. The predicted molar refractivity (Wildman–Crippen MR) is 117 cm³/mol. The number of aromatic nitrogens is 2. The smallest absolute Gasteiger partial charge is 0.201 e. The average Bonchev–Trinajstić information content (AvgIpc) is 3.17. The number of aromatic amines is 1. The van der Waals surface area contributed by atoms with Crippen LogP contribution in [0.15, 0.2) is 64.1 Å². The van der Waals surface area contributed by atoms with Crippen LogP contribution in [0.3, 0.4) is 0 Å². The molecule has 0 amide bonds. The lowest BCUT2D eigenvalue weighted by atomic mass is 10.00. The first-order valence-electron chi connectivity index (χ1n) is 9.55. The summed E-state index contributed by atoms with van der Waals surface area (Å²) in [6.45, 7) is 1.62. The van der Waals surface area contributed by atoms with Crippen LogP contribution in [-0.4, -0.2) is 29.9 Å². The number of hydrogen-bond acceptors (Lipinski definition) is 4. The highest BCUT2D eigenvalue weighted by atomic mass is 35.5. The SMILES string of the molecule is CCCS(=O)(=O)c1ccc(F)c(C(=O)c2c[nH]c3ncc(C4=C=C=C(Cl)C=C4)cc23)c1F. The van der Waals surface area contributed by atoms with Crippen LogP contribution >= 0.6 is 11.6 Å². The van der Waals surface area contributed by atoms with Crippen molar-refractivity contribution in [3.8, 4) is 0 Å². The van der Waals surface area contributed by atoms with Gasteiger partial charge >= 0.3 is 0 Å². The van der Waals surface area contributed by atoms with Crippen molar-refractivity contribution >= 4 is 43.8 Å². The minimum Gasteiger partial charge on any atom is -0.345 e. The third-order valence-corrected chi connectivity index (χ3v) is 7.04. The molecule has 32 heavy (non-hydrogen) atoms. The van der Waals surface area contributed by atoms with Crippen molar-refractivity contribution in [3.05, 3.63) is 87.6 Å². The molecule has 0 aliphatic heterocycles. The second-order valence-corrected chi connectivity index (χ2v) is 9.53. The van der Waals surface area contributed by atoms with Gasteiger partial charge in [-0.2, -0.15) is 0 Å². The molecule has 162 valence electrons. The zero-order valence-electron chi connectivity index (χ0n) is 16.7. The fraction of sp³-hybridized carbons (Fsp3) is 0.130. The Kier molecular flexibility index (Phi) is 5.71. The topological polar surface area (TPSA) is 79.9 Å². The molecule has 0 unspecified atom stereocenters. The number of ketones is 1. The standard InChI is InChI=1S/C23H15ClF2N2O3S/c1-2-9-32(30,31)19-8-7-18(25)20(21(19)26)22(29)17-12-28-23-16(17)10-14(11-27-23)13-3-5-15(24)6-4-13/h3,5,7-8,10-12H,2,9H2,1H3,(H,27,28). The Labute approximate surface area is 187 Å². The summed E-state index contributed by atoms with van der Waals surface area (Å²) in [6, 6.07) is 3.25. The van der Waals surface area contributed by atoms with Crippen molar-refractivity contribution in [1.29, 1.82) is 0 Å². The highest BCUT2D eigenvalue weighted by molar-refractivity contribution is 7.91. The maximum absolute atomic E-state index is 15.1. The molecule has 0 saturated carbocycles. The number of sulfone groups is 1. The van der Waals surface area contributed by atoms with E-state index in [9.17, 15) is 17.6 Å². The molecule has 3 aromatic rings. The number of pyridine rings is 1. The van der Waals surface area contributed by atoms with E-state index < -0.39 is 37.7 Å². The number of hydrogen-bond donors (Lipinski definition) is 1. The monoisotopic (exact) mass is 472 g/mol. The maximum atomic E-state index is 15.1. The quantitative estimate of drug-likeness (QED) is 0.308. The van der Waals surface area contributed by atoms with Crippen LogP contribution in [0.25, 0.3) is 16.6 Å². The molecular formula is C23H15ClF2N2O3S. The van der Waals surface area contributed by atoms with Gasteiger partial charge in [-0.25, -0.2) is 22.2 Å². The van der Waals surface area contributed by atoms with Gasteiger partial charge in [-0.15, -0.1) is 0 Å². The number of allylic oxidation sites excluding steroid dienone is 4. The minimum absolute atomic E-state index is 0.0462. The molecule has 5 nitrogen and oxygen atoms in total. The van der Waals surface area contributed by atoms with Crippen LogP contribution < -0.4 is 0 Å². The van der Waals surface area contributed by atoms with E-state index in [1.807, 2.05) is 0 Å². The molecule has 1 aromatic carbocycles. The molecule has 1 aliphatic rings. The number of carbonyl (C=O) groups is 1. The summed E-state index contributed by atoms with van der Waals surface area (Å²) in [5.41, 5.74) is 6.13. The van der Waals surface area contributed by atoms with Gasteiger partial charge in [0, 0.05) is 34.5 Å². The van der Waals surface area contributed by atoms with Gasteiger partial charge in [0.25, 0.3) is 0 Å². The van der Waals surface area contributed by atoms with E-state index in [2.05, 4.69) is 21.4 Å². The van der Waals surface area contributed by atoms with Crippen molar-refractivity contribution in [2.45, 2.75) is 18.2 Å². The van der Waals surface area contributed by atoms with Crippen LogP contribution in [0.4, 0.5) is 8.78 Å². The number of nitrogens with zero attached hydrogens (tertiary/aromatic N) is 1. The van der Waals surface area contributed by atoms with Crippen molar-refractivity contribution in [3.63, 3.8) is 0 Å². The summed E-state index contributed by atoms with van der Waals surface area (Å²) in [4.78, 5) is 19.5. The number of halogens is 3. The number of carbonyl (C=O) groups excluding carboxylic acids is 1. The number of H-pyrrole nitrogens is 1. The molecule has 1 N–H and O–H groups in total. The first-order valence-corrected chi connectivity index (χ1v) is 11.6. The van der Waals surface area contributed by atoms with E-state index in [0.717, 1.165) is 12.1 Å². The summed E-state index contributed by atoms with van der Waals surface area (Å²) < 4.78 is 54.3. The number of nitrogens with one attached hydrogen (secondary N) is 1. The van der Waals surface area contributed by atoms with Gasteiger partial charge in [-0.05, 0) is 42.5 Å². The summed E-state index contributed by atoms with van der Waals surface area (Å²) in [7, 11) is -4.00. The van der Waals surface area contributed by atoms with Gasteiger partial charge in [-0.3, -0.25) is 4.79 Å². The fourth-order valence-corrected chi connectivity index (χ4v) is 4.89. The van der Waals surface area contributed by atoms with Crippen LogP contribution in [0.5, 0.6) is 0 Å². The van der Waals surface area contributed by atoms with Gasteiger partial charge in [0.2, 0.25) is 5.78 Å². The Balaban J connectivity index is 1.86. The van der Waals surface area contributed by atoms with E-state index in [0.29, 0.717) is 27.2 Å². The Morgan fingerprint density at radius 3 is 2.69 bits per heavy atom. The van der Waals surface area contributed by atoms with Gasteiger partial charge in [0.15, 0.2) is 15.7 Å².